The number of carbonyl (C=O) groups is 3. The lowest BCUT2D eigenvalue weighted by atomic mass is 10.0. The maximum Gasteiger partial charge on any atom is 0.415 e. The van der Waals surface area contributed by atoms with Gasteiger partial charge >= 0.3 is 12.2 Å². The Kier molecular flexibility index (Phi) is 5.79. The van der Waals surface area contributed by atoms with Crippen LogP contribution in [0.15, 0.2) is 36.5 Å². The lowest BCUT2D eigenvalue weighted by Gasteiger charge is -2.31. The molecule has 3 aliphatic rings. The van der Waals surface area contributed by atoms with Gasteiger partial charge in [0.15, 0.2) is 0 Å². The minimum Gasteiger partial charge on any atom is -0.489 e. The summed E-state index contributed by atoms with van der Waals surface area (Å²) in [6.07, 6.45) is 0.354. The van der Waals surface area contributed by atoms with E-state index in [1.165, 1.54) is 11.8 Å². The Labute approximate surface area is 189 Å². The molecule has 10 nitrogen and oxygen atoms in total. The summed E-state index contributed by atoms with van der Waals surface area (Å²) in [4.78, 5) is 42.8. The van der Waals surface area contributed by atoms with E-state index < -0.39 is 18.3 Å². The SMILES string of the molecule is CC(=O)NC[C@@H]1OC(=O)N2c3ccc(-c4ccc(N5CCOC5=O)nc4)cc3OC[C@@H]12.Cl. The third-order valence-corrected chi connectivity index (χ3v) is 5.51. The Hall–Kier alpha value is -3.53. The number of ether oxygens (including phenoxy) is 3. The Balaban J connectivity index is 0.00000245. The second-order valence-electron chi connectivity index (χ2n) is 7.46. The number of pyridine rings is 1. The molecule has 2 saturated heterocycles. The molecule has 0 bridgehead atoms. The highest BCUT2D eigenvalue weighted by Gasteiger charge is 2.46. The van der Waals surface area contributed by atoms with Crippen LogP contribution >= 0.6 is 12.4 Å². The van der Waals surface area contributed by atoms with E-state index in [1.54, 1.807) is 17.2 Å². The number of benzene rings is 1. The molecule has 0 unspecified atom stereocenters. The van der Waals surface area contributed by atoms with Crippen LogP contribution in [-0.4, -0.2) is 61.5 Å². The third kappa shape index (κ3) is 3.77. The molecule has 1 aromatic carbocycles. The maximum absolute atomic E-state index is 12.5. The van der Waals surface area contributed by atoms with Crippen molar-refractivity contribution in [2.45, 2.75) is 19.1 Å². The molecule has 0 saturated carbocycles. The van der Waals surface area contributed by atoms with E-state index in [9.17, 15) is 14.4 Å². The molecule has 2 aromatic rings. The van der Waals surface area contributed by atoms with Crippen LogP contribution in [0.4, 0.5) is 21.1 Å². The van der Waals surface area contributed by atoms with Gasteiger partial charge in [0, 0.05) is 18.7 Å². The largest absolute Gasteiger partial charge is 0.489 e. The highest BCUT2D eigenvalue weighted by atomic mass is 35.5. The van der Waals surface area contributed by atoms with Crippen molar-refractivity contribution in [3.63, 3.8) is 0 Å². The van der Waals surface area contributed by atoms with Gasteiger partial charge in [-0.05, 0) is 29.8 Å². The van der Waals surface area contributed by atoms with E-state index in [0.717, 1.165) is 11.1 Å². The molecule has 1 aromatic heterocycles. The number of rotatable bonds is 4. The van der Waals surface area contributed by atoms with Crippen molar-refractivity contribution in [2.24, 2.45) is 0 Å². The van der Waals surface area contributed by atoms with E-state index in [4.69, 9.17) is 14.2 Å². The van der Waals surface area contributed by atoms with Crippen LogP contribution in [0.5, 0.6) is 5.75 Å². The number of hydrogen-bond acceptors (Lipinski definition) is 7. The highest BCUT2D eigenvalue weighted by Crippen LogP contribution is 2.41. The van der Waals surface area contributed by atoms with Crippen molar-refractivity contribution in [3.8, 4) is 16.9 Å². The molecule has 0 aliphatic carbocycles. The van der Waals surface area contributed by atoms with Gasteiger partial charge in [0.25, 0.3) is 0 Å². The van der Waals surface area contributed by atoms with E-state index in [0.29, 0.717) is 30.4 Å². The number of fused-ring (bicyclic) bond motifs is 3. The molecule has 2 fully saturated rings. The van der Waals surface area contributed by atoms with Gasteiger partial charge in [-0.25, -0.2) is 14.6 Å². The van der Waals surface area contributed by atoms with E-state index in [-0.39, 0.29) is 37.5 Å². The van der Waals surface area contributed by atoms with Gasteiger partial charge in [0.05, 0.1) is 18.8 Å². The Bertz CT molecular complexity index is 1060. The Morgan fingerprint density at radius 2 is 1.97 bits per heavy atom. The van der Waals surface area contributed by atoms with Crippen LogP contribution in [0.2, 0.25) is 0 Å². The first-order chi connectivity index (χ1) is 15.0. The lowest BCUT2D eigenvalue weighted by Crippen LogP contribution is -2.47. The molecule has 168 valence electrons. The maximum atomic E-state index is 12.5. The van der Waals surface area contributed by atoms with Crippen molar-refractivity contribution >= 4 is 42.0 Å². The first-order valence-electron chi connectivity index (χ1n) is 9.93. The summed E-state index contributed by atoms with van der Waals surface area (Å²) in [6.45, 7) is 2.76. The van der Waals surface area contributed by atoms with Crippen LogP contribution < -0.4 is 19.9 Å². The number of aromatic nitrogens is 1. The van der Waals surface area contributed by atoms with Crippen molar-refractivity contribution in [1.29, 1.82) is 0 Å². The summed E-state index contributed by atoms with van der Waals surface area (Å²) in [5.41, 5.74) is 2.33. The van der Waals surface area contributed by atoms with Gasteiger partial charge in [-0.15, -0.1) is 12.4 Å². The van der Waals surface area contributed by atoms with Gasteiger partial charge in [0.2, 0.25) is 5.91 Å². The molecule has 4 heterocycles. The van der Waals surface area contributed by atoms with Gasteiger partial charge in [-0.1, -0.05) is 6.07 Å². The minimum atomic E-state index is -0.474. The zero-order valence-electron chi connectivity index (χ0n) is 17.1. The number of anilines is 2. The minimum absolute atomic E-state index is 0. The quantitative estimate of drug-likeness (QED) is 0.745. The topological polar surface area (TPSA) is 110 Å². The molecular weight excluding hydrogens is 440 g/mol. The number of hydrogen-bond donors (Lipinski definition) is 1. The van der Waals surface area contributed by atoms with Crippen LogP contribution in [0.25, 0.3) is 11.1 Å². The van der Waals surface area contributed by atoms with Gasteiger partial charge < -0.3 is 19.5 Å². The second kappa shape index (κ2) is 8.54. The van der Waals surface area contributed by atoms with Crippen molar-refractivity contribution in [1.82, 2.24) is 10.3 Å². The Morgan fingerprint density at radius 1 is 1.16 bits per heavy atom. The molecule has 32 heavy (non-hydrogen) atoms. The van der Waals surface area contributed by atoms with Crippen molar-refractivity contribution in [3.05, 3.63) is 36.5 Å². The van der Waals surface area contributed by atoms with Crippen LogP contribution in [0, 0.1) is 0 Å². The zero-order valence-corrected chi connectivity index (χ0v) is 18.0. The fourth-order valence-corrected chi connectivity index (χ4v) is 3.95. The van der Waals surface area contributed by atoms with Gasteiger partial charge in [-0.3, -0.25) is 14.6 Å². The predicted octanol–water partition coefficient (Wildman–Crippen LogP) is 2.35. The fraction of sp³-hybridized carbons (Fsp3) is 0.333. The average Bonchev–Trinajstić information content (AvgIpc) is 3.35. The summed E-state index contributed by atoms with van der Waals surface area (Å²) in [6, 6.07) is 8.86. The summed E-state index contributed by atoms with van der Waals surface area (Å²) in [5.74, 6) is 0.920. The third-order valence-electron chi connectivity index (χ3n) is 5.51. The van der Waals surface area contributed by atoms with Crippen LogP contribution in [0.3, 0.4) is 0 Å². The number of halogens is 1. The van der Waals surface area contributed by atoms with Gasteiger partial charge in [0.1, 0.15) is 36.9 Å². The summed E-state index contributed by atoms with van der Waals surface area (Å²) < 4.78 is 16.3. The molecule has 5 rings (SSSR count). The first-order valence-corrected chi connectivity index (χ1v) is 9.93. The first kappa shape index (κ1) is 21.7. The summed E-state index contributed by atoms with van der Waals surface area (Å²) >= 11 is 0. The number of nitrogens with zero attached hydrogens (tertiary/aromatic N) is 3. The van der Waals surface area contributed by atoms with Crippen molar-refractivity contribution in [2.75, 3.05) is 36.1 Å². The number of amides is 3. The lowest BCUT2D eigenvalue weighted by molar-refractivity contribution is -0.119. The summed E-state index contributed by atoms with van der Waals surface area (Å²) in [7, 11) is 0. The number of cyclic esters (lactones) is 2. The van der Waals surface area contributed by atoms with Gasteiger partial charge in [-0.2, -0.15) is 0 Å². The smallest absolute Gasteiger partial charge is 0.415 e. The standard InChI is InChI=1S/C21H20N4O6.ClH/c1-12(26)22-10-18-16-11-30-17-8-13(2-4-15(17)25(16)21(28)31-18)14-3-5-19(23-9-14)24-6-7-29-20(24)27;/h2-5,8-9,16,18H,6-7,10-11H2,1H3,(H,22,26);1H/t16-,18-;/m0./s1. The predicted molar refractivity (Wildman–Crippen MR) is 116 cm³/mol. The van der Waals surface area contributed by atoms with E-state index >= 15 is 0 Å². The highest BCUT2D eigenvalue weighted by molar-refractivity contribution is 5.94. The fourth-order valence-electron chi connectivity index (χ4n) is 3.95. The monoisotopic (exact) mass is 460 g/mol. The molecule has 3 amide bonds. The summed E-state index contributed by atoms with van der Waals surface area (Å²) in [5, 5.41) is 2.69. The second-order valence-corrected chi connectivity index (χ2v) is 7.46. The number of nitrogens with one attached hydrogen (secondary N) is 1. The molecule has 1 N–H and O–H groups in total. The molecule has 11 heteroatoms. The molecule has 0 spiro atoms. The zero-order chi connectivity index (χ0) is 21.5. The van der Waals surface area contributed by atoms with Crippen LogP contribution in [0.1, 0.15) is 6.92 Å². The normalized spacial score (nSPS) is 21.0. The molecule has 3 aliphatic heterocycles. The number of carbonyl (C=O) groups excluding carboxylic acids is 3. The van der Waals surface area contributed by atoms with Crippen LogP contribution in [-0.2, 0) is 14.3 Å². The molecule has 0 radical (unpaired) electrons. The molecule has 2 atom stereocenters. The average molecular weight is 461 g/mol. The van der Waals surface area contributed by atoms with E-state index in [1.807, 2.05) is 24.3 Å². The van der Waals surface area contributed by atoms with Crippen molar-refractivity contribution < 1.29 is 28.6 Å². The molecular formula is C21H21ClN4O6. The Morgan fingerprint density at radius 3 is 2.66 bits per heavy atom. The van der Waals surface area contributed by atoms with E-state index in [2.05, 4.69) is 10.3 Å².